The number of hydrogen-bond acceptors (Lipinski definition) is 5. The number of para-hydroxylation sites is 1. The third kappa shape index (κ3) is 4.86. The van der Waals surface area contributed by atoms with Crippen molar-refractivity contribution in [3.8, 4) is 0 Å². The van der Waals surface area contributed by atoms with Gasteiger partial charge in [-0.05, 0) is 93.8 Å². The molecule has 2 fully saturated rings. The lowest BCUT2D eigenvalue weighted by molar-refractivity contribution is -0.123. The third-order valence-corrected chi connectivity index (χ3v) is 8.31. The van der Waals surface area contributed by atoms with Gasteiger partial charge in [0.25, 0.3) is 5.91 Å². The number of anilines is 1. The fourth-order valence-electron chi connectivity index (χ4n) is 5.30. The van der Waals surface area contributed by atoms with Crippen LogP contribution in [-0.4, -0.2) is 47.3 Å². The van der Waals surface area contributed by atoms with Gasteiger partial charge in [0.05, 0.1) is 28.8 Å². The van der Waals surface area contributed by atoms with Crippen LogP contribution in [-0.2, 0) is 9.53 Å². The Kier molecular flexibility index (Phi) is 7.03. The molecule has 3 heterocycles. The van der Waals surface area contributed by atoms with Crippen LogP contribution in [0.2, 0.25) is 5.02 Å². The summed E-state index contributed by atoms with van der Waals surface area (Å²) in [7, 11) is 0. The molecule has 7 heteroatoms. The van der Waals surface area contributed by atoms with Crippen molar-refractivity contribution >= 4 is 57.5 Å². The molecule has 0 spiro atoms. The monoisotopic (exact) mass is 521 g/mol. The summed E-state index contributed by atoms with van der Waals surface area (Å²) in [6, 6.07) is 13.9. The number of aliphatic imine (C=N–C) groups is 1. The number of benzene rings is 2. The Morgan fingerprint density at radius 3 is 2.72 bits per heavy atom. The van der Waals surface area contributed by atoms with Crippen molar-refractivity contribution in [3.63, 3.8) is 0 Å². The molecule has 0 aliphatic carbocycles. The fraction of sp³-hybridized carbons (Fsp3) is 0.379. The maximum atomic E-state index is 13.6. The highest BCUT2D eigenvalue weighted by molar-refractivity contribution is 8.18. The molecule has 5 nitrogen and oxygen atoms in total. The Morgan fingerprint density at radius 2 is 2.03 bits per heavy atom. The lowest BCUT2D eigenvalue weighted by Crippen LogP contribution is -2.44. The van der Waals surface area contributed by atoms with Gasteiger partial charge in [0.15, 0.2) is 5.17 Å². The number of carbonyl (C=O) groups excluding carboxylic acids is 1. The fourth-order valence-corrected chi connectivity index (χ4v) is 6.51. The quantitative estimate of drug-likeness (QED) is 0.392. The minimum Gasteiger partial charge on any atom is -0.376 e. The van der Waals surface area contributed by atoms with E-state index in [2.05, 4.69) is 44.7 Å². The van der Waals surface area contributed by atoms with E-state index in [1.807, 2.05) is 42.5 Å². The Hall–Kier alpha value is -2.54. The van der Waals surface area contributed by atoms with Gasteiger partial charge in [-0.2, -0.15) is 0 Å². The summed E-state index contributed by atoms with van der Waals surface area (Å²) in [5.41, 5.74) is 5.07. The first kappa shape index (κ1) is 25.1. The average molecular weight is 522 g/mol. The largest absolute Gasteiger partial charge is 0.376 e. The molecule has 36 heavy (non-hydrogen) atoms. The minimum absolute atomic E-state index is 0.0402. The normalized spacial score (nSPS) is 23.5. The van der Waals surface area contributed by atoms with Gasteiger partial charge in [-0.3, -0.25) is 9.69 Å². The lowest BCUT2D eigenvalue weighted by Gasteiger charge is -2.43. The molecular weight excluding hydrogens is 490 g/mol. The Bertz CT molecular complexity index is 1260. The molecule has 1 atom stereocenters. The molecule has 2 aromatic carbocycles. The number of carbonyl (C=O) groups is 1. The number of amides is 1. The predicted molar refractivity (Wildman–Crippen MR) is 152 cm³/mol. The minimum atomic E-state index is -0.0853. The van der Waals surface area contributed by atoms with Crippen molar-refractivity contribution in [2.45, 2.75) is 52.2 Å². The Morgan fingerprint density at radius 1 is 1.25 bits per heavy atom. The number of thioether (sulfide) groups is 1. The van der Waals surface area contributed by atoms with Gasteiger partial charge in [0.2, 0.25) is 0 Å². The first-order chi connectivity index (χ1) is 17.3. The summed E-state index contributed by atoms with van der Waals surface area (Å²) in [5, 5.41) is 1.31. The summed E-state index contributed by atoms with van der Waals surface area (Å²) in [4.78, 5) is 23.1. The third-order valence-electron chi connectivity index (χ3n) is 6.98. The van der Waals surface area contributed by atoms with E-state index in [1.54, 1.807) is 4.90 Å². The molecular formula is C29H32ClN3O2S. The van der Waals surface area contributed by atoms with E-state index in [1.165, 1.54) is 17.3 Å². The summed E-state index contributed by atoms with van der Waals surface area (Å²) in [6.07, 6.45) is 6.23. The first-order valence-electron chi connectivity index (χ1n) is 12.5. The van der Waals surface area contributed by atoms with Gasteiger partial charge >= 0.3 is 0 Å². The number of ether oxygens (including phenoxy) is 1. The molecule has 3 aliphatic rings. The molecule has 0 N–H and O–H groups in total. The highest BCUT2D eigenvalue weighted by Gasteiger charge is 2.36. The summed E-state index contributed by atoms with van der Waals surface area (Å²) in [6.45, 7) is 10.9. The van der Waals surface area contributed by atoms with Crippen LogP contribution in [0.15, 0.2) is 58.4 Å². The van der Waals surface area contributed by atoms with Gasteiger partial charge in [-0.1, -0.05) is 35.9 Å². The van der Waals surface area contributed by atoms with Crippen LogP contribution in [0.3, 0.4) is 0 Å². The van der Waals surface area contributed by atoms with E-state index < -0.39 is 0 Å². The number of allylic oxidation sites excluding steroid dienone is 1. The zero-order valence-corrected chi connectivity index (χ0v) is 22.8. The van der Waals surface area contributed by atoms with Crippen LogP contribution in [0.1, 0.15) is 51.7 Å². The van der Waals surface area contributed by atoms with Gasteiger partial charge in [0.1, 0.15) is 0 Å². The van der Waals surface area contributed by atoms with Crippen molar-refractivity contribution in [2.75, 3.05) is 24.6 Å². The zero-order chi connectivity index (χ0) is 25.4. The topological polar surface area (TPSA) is 45.1 Å². The maximum absolute atomic E-state index is 13.6. The predicted octanol–water partition coefficient (Wildman–Crippen LogP) is 7.14. The lowest BCUT2D eigenvalue weighted by atomic mass is 9.88. The number of hydrogen-bond donors (Lipinski definition) is 0. The second-order valence-corrected chi connectivity index (χ2v) is 11.4. The highest BCUT2D eigenvalue weighted by atomic mass is 35.5. The van der Waals surface area contributed by atoms with Crippen LogP contribution in [0, 0.1) is 0 Å². The Balaban J connectivity index is 1.52. The number of rotatable bonds is 5. The molecule has 0 saturated carbocycles. The SMILES string of the molecule is CCN1c2cc(Cl)c(/C=C3/SC(=Nc4ccccc4)N(CC4CCCO4)C3=O)cc2C(C)=CC1(C)C. The van der Waals surface area contributed by atoms with Gasteiger partial charge < -0.3 is 9.64 Å². The van der Waals surface area contributed by atoms with Crippen molar-refractivity contribution in [3.05, 3.63) is 69.6 Å². The molecule has 5 rings (SSSR count). The molecule has 0 aromatic heterocycles. The molecule has 0 bridgehead atoms. The zero-order valence-electron chi connectivity index (χ0n) is 21.3. The molecule has 1 unspecified atom stereocenters. The second kappa shape index (κ2) is 10.1. The van der Waals surface area contributed by atoms with Crippen molar-refractivity contribution < 1.29 is 9.53 Å². The maximum Gasteiger partial charge on any atom is 0.266 e. The van der Waals surface area contributed by atoms with Crippen molar-refractivity contribution in [2.24, 2.45) is 4.99 Å². The molecule has 1 amide bonds. The number of nitrogens with zero attached hydrogens (tertiary/aromatic N) is 3. The number of likely N-dealkylation sites (N-methyl/N-ethyl adjacent to an activating group) is 1. The summed E-state index contributed by atoms with van der Waals surface area (Å²) >= 11 is 8.22. The van der Waals surface area contributed by atoms with Gasteiger partial charge in [-0.25, -0.2) is 4.99 Å². The number of fused-ring (bicyclic) bond motifs is 1. The Labute approximate surface area is 222 Å². The van der Waals surface area contributed by atoms with E-state index in [0.717, 1.165) is 48.5 Å². The summed E-state index contributed by atoms with van der Waals surface area (Å²) < 4.78 is 5.84. The van der Waals surface area contributed by atoms with Crippen molar-refractivity contribution in [1.82, 2.24) is 4.90 Å². The average Bonchev–Trinajstić information content (AvgIpc) is 3.45. The standard InChI is InChI=1S/C29H32ClN3O2S/c1-5-33-25-16-24(30)20(14-23(25)19(2)17-29(33,3)4)15-26-27(34)32(18-22-12-9-13-35-22)28(36-26)31-21-10-7-6-8-11-21/h6-8,10-11,14-17,22H,5,9,12-13,18H2,1-4H3/b26-15+,31-28?. The van der Waals surface area contributed by atoms with Gasteiger partial charge in [0, 0.05) is 29.4 Å². The van der Waals surface area contributed by atoms with E-state index in [4.69, 9.17) is 21.3 Å². The van der Waals surface area contributed by atoms with E-state index in [-0.39, 0.29) is 17.6 Å². The van der Waals surface area contributed by atoms with E-state index in [0.29, 0.717) is 21.6 Å². The first-order valence-corrected chi connectivity index (χ1v) is 13.7. The second-order valence-electron chi connectivity index (χ2n) is 10.0. The molecule has 2 saturated heterocycles. The number of halogens is 1. The van der Waals surface area contributed by atoms with Crippen LogP contribution in [0.4, 0.5) is 11.4 Å². The van der Waals surface area contributed by atoms with Crippen LogP contribution in [0.5, 0.6) is 0 Å². The van der Waals surface area contributed by atoms with Crippen LogP contribution in [0.25, 0.3) is 11.6 Å². The van der Waals surface area contributed by atoms with Gasteiger partial charge in [-0.15, -0.1) is 0 Å². The molecule has 188 valence electrons. The van der Waals surface area contributed by atoms with E-state index >= 15 is 0 Å². The molecule has 2 aromatic rings. The van der Waals surface area contributed by atoms with Crippen LogP contribution >= 0.6 is 23.4 Å². The molecule has 3 aliphatic heterocycles. The highest BCUT2D eigenvalue weighted by Crippen LogP contribution is 2.43. The summed E-state index contributed by atoms with van der Waals surface area (Å²) in [5.74, 6) is -0.0532. The molecule has 0 radical (unpaired) electrons. The van der Waals surface area contributed by atoms with Crippen molar-refractivity contribution in [1.29, 1.82) is 0 Å². The van der Waals surface area contributed by atoms with E-state index in [9.17, 15) is 4.79 Å². The smallest absolute Gasteiger partial charge is 0.266 e. The van der Waals surface area contributed by atoms with Crippen LogP contribution < -0.4 is 4.90 Å². The number of amidine groups is 1.